The lowest BCUT2D eigenvalue weighted by molar-refractivity contribution is -0.123. The fourth-order valence-corrected chi connectivity index (χ4v) is 3.44. The minimum absolute atomic E-state index is 0.0994. The fraction of sp³-hybridized carbons (Fsp3) is 0.316. The van der Waals surface area contributed by atoms with Crippen molar-refractivity contribution in [2.24, 2.45) is 0 Å². The van der Waals surface area contributed by atoms with Gasteiger partial charge in [-0.3, -0.25) is 19.3 Å². The average Bonchev–Trinajstić information content (AvgIpc) is 3.06. The number of anilines is 2. The molecule has 2 rings (SSSR count). The van der Waals surface area contributed by atoms with Gasteiger partial charge in [-0.1, -0.05) is 18.5 Å². The number of hydrogen-bond acceptors (Lipinski definition) is 5. The topological polar surface area (TPSA) is 90.5 Å². The number of rotatable bonds is 9. The van der Waals surface area contributed by atoms with Crippen LogP contribution in [0.4, 0.5) is 11.4 Å². The van der Waals surface area contributed by atoms with Crippen molar-refractivity contribution in [2.45, 2.75) is 20.4 Å². The molecule has 0 aliphatic carbocycles. The van der Waals surface area contributed by atoms with Crippen LogP contribution in [0.1, 0.15) is 18.7 Å². The lowest BCUT2D eigenvalue weighted by Gasteiger charge is -2.19. The van der Waals surface area contributed by atoms with Gasteiger partial charge in [0.15, 0.2) is 0 Å². The number of nitrogens with zero attached hydrogens (tertiary/aromatic N) is 1. The molecule has 0 unspecified atom stereocenters. The maximum Gasteiger partial charge on any atom is 0.238 e. The van der Waals surface area contributed by atoms with Gasteiger partial charge in [0, 0.05) is 23.2 Å². The minimum Gasteiger partial charge on any atom is -0.350 e. The van der Waals surface area contributed by atoms with Crippen LogP contribution in [-0.4, -0.2) is 42.3 Å². The van der Waals surface area contributed by atoms with Gasteiger partial charge in [-0.15, -0.1) is 11.3 Å². The third-order valence-corrected chi connectivity index (χ3v) is 4.99. The van der Waals surface area contributed by atoms with Gasteiger partial charge in [0.2, 0.25) is 17.7 Å². The van der Waals surface area contributed by atoms with Crippen molar-refractivity contribution in [2.75, 3.05) is 30.3 Å². The Labute approximate surface area is 173 Å². The number of carbonyl (C=O) groups is 3. The van der Waals surface area contributed by atoms with Gasteiger partial charge in [-0.05, 0) is 42.9 Å². The highest BCUT2D eigenvalue weighted by Crippen LogP contribution is 2.21. The minimum atomic E-state index is -0.216. The molecule has 0 atom stereocenters. The van der Waals surface area contributed by atoms with Crippen molar-refractivity contribution in [1.29, 1.82) is 0 Å². The van der Waals surface area contributed by atoms with Gasteiger partial charge in [0.1, 0.15) is 0 Å². The molecule has 7 nitrogen and oxygen atoms in total. The van der Waals surface area contributed by atoms with Crippen molar-refractivity contribution in [3.8, 4) is 0 Å². The van der Waals surface area contributed by atoms with Crippen molar-refractivity contribution >= 4 is 52.0 Å². The first-order chi connectivity index (χ1) is 13.4. The summed E-state index contributed by atoms with van der Waals surface area (Å²) >= 11 is 7.29. The van der Waals surface area contributed by atoms with Crippen LogP contribution in [0.2, 0.25) is 4.34 Å². The number of thiophene rings is 1. The summed E-state index contributed by atoms with van der Waals surface area (Å²) in [6, 6.07) is 10.5. The third kappa shape index (κ3) is 7.67. The number of likely N-dealkylation sites (N-methyl/N-ethyl adjacent to an activating group) is 1. The van der Waals surface area contributed by atoms with E-state index in [2.05, 4.69) is 16.0 Å². The first-order valence-corrected chi connectivity index (χ1v) is 9.96. The fourth-order valence-electron chi connectivity index (χ4n) is 2.41. The zero-order valence-electron chi connectivity index (χ0n) is 15.8. The van der Waals surface area contributed by atoms with E-state index in [1.807, 2.05) is 13.0 Å². The smallest absolute Gasteiger partial charge is 0.238 e. The normalized spacial score (nSPS) is 10.6. The van der Waals surface area contributed by atoms with Crippen LogP contribution in [0.3, 0.4) is 0 Å². The average molecular weight is 423 g/mol. The first kappa shape index (κ1) is 21.9. The predicted molar refractivity (Wildman–Crippen MR) is 113 cm³/mol. The molecule has 3 N–H and O–H groups in total. The van der Waals surface area contributed by atoms with Gasteiger partial charge in [-0.2, -0.15) is 0 Å². The summed E-state index contributed by atoms with van der Waals surface area (Å²) in [6.07, 6.45) is 0. The molecule has 0 fully saturated rings. The van der Waals surface area contributed by atoms with E-state index in [1.54, 1.807) is 35.2 Å². The number of carbonyl (C=O) groups excluding carboxylic acids is 3. The molecule has 0 saturated carbocycles. The number of hydrogen-bond donors (Lipinski definition) is 3. The molecular formula is C19H23ClN4O3S. The second-order valence-electron chi connectivity index (χ2n) is 6.09. The molecule has 28 heavy (non-hydrogen) atoms. The lowest BCUT2D eigenvalue weighted by atomic mass is 10.2. The van der Waals surface area contributed by atoms with Crippen molar-refractivity contribution in [3.05, 3.63) is 45.6 Å². The van der Waals surface area contributed by atoms with Gasteiger partial charge in [0.05, 0.1) is 24.0 Å². The van der Waals surface area contributed by atoms with E-state index >= 15 is 0 Å². The maximum absolute atomic E-state index is 12.2. The van der Waals surface area contributed by atoms with Crippen LogP contribution in [-0.2, 0) is 20.9 Å². The summed E-state index contributed by atoms with van der Waals surface area (Å²) in [5.74, 6) is -0.526. The molecule has 1 aromatic carbocycles. The Morgan fingerprint density at radius 3 is 2.11 bits per heavy atom. The predicted octanol–water partition coefficient (Wildman–Crippen LogP) is 2.94. The molecule has 1 heterocycles. The monoisotopic (exact) mass is 422 g/mol. The zero-order valence-corrected chi connectivity index (χ0v) is 17.3. The summed E-state index contributed by atoms with van der Waals surface area (Å²) in [7, 11) is 0. The summed E-state index contributed by atoms with van der Waals surface area (Å²) in [4.78, 5) is 38.1. The molecule has 3 amide bonds. The van der Waals surface area contributed by atoms with E-state index in [0.717, 1.165) is 4.88 Å². The Bertz CT molecular complexity index is 823. The van der Waals surface area contributed by atoms with Crippen LogP contribution >= 0.6 is 22.9 Å². The highest BCUT2D eigenvalue weighted by Gasteiger charge is 2.13. The standard InChI is InChI=1S/C19H23ClN4O3S/c1-3-24(11-18(26)21-10-16-8-9-17(20)28-16)12-19(27)23-15-6-4-14(5-7-15)22-13(2)25/h4-9H,3,10-12H2,1-2H3,(H,21,26)(H,22,25)(H,23,27). The van der Waals surface area contributed by atoms with Crippen molar-refractivity contribution < 1.29 is 14.4 Å². The molecule has 0 aliphatic heterocycles. The first-order valence-electron chi connectivity index (χ1n) is 8.76. The van der Waals surface area contributed by atoms with Gasteiger partial charge >= 0.3 is 0 Å². The summed E-state index contributed by atoms with van der Waals surface area (Å²) in [6.45, 7) is 4.53. The molecule has 1 aromatic heterocycles. The Kier molecular flexibility index (Phi) is 8.43. The van der Waals surface area contributed by atoms with Crippen LogP contribution in [0.25, 0.3) is 0 Å². The molecule has 0 bridgehead atoms. The van der Waals surface area contributed by atoms with E-state index in [4.69, 9.17) is 11.6 Å². The molecule has 150 valence electrons. The van der Waals surface area contributed by atoms with Crippen LogP contribution in [0.15, 0.2) is 36.4 Å². The number of amides is 3. The SMILES string of the molecule is CCN(CC(=O)NCc1ccc(Cl)s1)CC(=O)Nc1ccc(NC(C)=O)cc1. The highest BCUT2D eigenvalue weighted by molar-refractivity contribution is 7.16. The molecule has 2 aromatic rings. The molecule has 0 saturated heterocycles. The number of benzene rings is 1. The Morgan fingerprint density at radius 1 is 0.964 bits per heavy atom. The number of nitrogens with one attached hydrogen (secondary N) is 3. The van der Waals surface area contributed by atoms with Gasteiger partial charge < -0.3 is 16.0 Å². The Hall–Kier alpha value is -2.42. The van der Waals surface area contributed by atoms with Crippen molar-refractivity contribution in [3.63, 3.8) is 0 Å². The zero-order chi connectivity index (χ0) is 20.5. The van der Waals surface area contributed by atoms with E-state index in [-0.39, 0.29) is 30.8 Å². The van der Waals surface area contributed by atoms with Crippen LogP contribution in [0.5, 0.6) is 0 Å². The van der Waals surface area contributed by atoms with E-state index < -0.39 is 0 Å². The highest BCUT2D eigenvalue weighted by atomic mass is 35.5. The van der Waals surface area contributed by atoms with Gasteiger partial charge in [-0.25, -0.2) is 0 Å². The maximum atomic E-state index is 12.2. The van der Waals surface area contributed by atoms with Gasteiger partial charge in [0.25, 0.3) is 0 Å². The molecule has 0 radical (unpaired) electrons. The summed E-state index contributed by atoms with van der Waals surface area (Å²) in [5, 5.41) is 8.27. The van der Waals surface area contributed by atoms with E-state index in [9.17, 15) is 14.4 Å². The molecular weight excluding hydrogens is 400 g/mol. The second kappa shape index (κ2) is 10.8. The van der Waals surface area contributed by atoms with E-state index in [1.165, 1.54) is 18.3 Å². The quantitative estimate of drug-likeness (QED) is 0.579. The largest absolute Gasteiger partial charge is 0.350 e. The second-order valence-corrected chi connectivity index (χ2v) is 7.89. The van der Waals surface area contributed by atoms with Crippen LogP contribution in [0, 0.1) is 0 Å². The van der Waals surface area contributed by atoms with E-state index in [0.29, 0.717) is 28.8 Å². The summed E-state index contributed by atoms with van der Waals surface area (Å²) < 4.78 is 0.682. The molecule has 0 aliphatic rings. The van der Waals surface area contributed by atoms with Crippen molar-refractivity contribution in [1.82, 2.24) is 10.2 Å². The van der Waals surface area contributed by atoms with Crippen LogP contribution < -0.4 is 16.0 Å². The number of halogens is 1. The molecule has 9 heteroatoms. The third-order valence-electron chi connectivity index (χ3n) is 3.76. The molecule has 0 spiro atoms. The summed E-state index contributed by atoms with van der Waals surface area (Å²) in [5.41, 5.74) is 1.28. The Morgan fingerprint density at radius 2 is 1.57 bits per heavy atom. The lowest BCUT2D eigenvalue weighted by Crippen LogP contribution is -2.40. The Balaban J connectivity index is 1.78.